The lowest BCUT2D eigenvalue weighted by Gasteiger charge is -2.18. The molecule has 0 saturated carbocycles. The fourth-order valence-corrected chi connectivity index (χ4v) is 10.3. The van der Waals surface area contributed by atoms with Gasteiger partial charge in [-0.05, 0) is 31.1 Å². The van der Waals surface area contributed by atoms with Crippen LogP contribution in [0.5, 0.6) is 0 Å². The Morgan fingerprint density at radius 3 is 0.792 bits per heavy atom. The Hall–Kier alpha value is -1.59. The van der Waals surface area contributed by atoms with Crippen LogP contribution in [0.25, 0.3) is 0 Å². The standard InChI is InChI=1S/C66H128O6/c1-6-8-9-10-11-12-13-14-19-28-33-38-43-48-53-58-66(69)72-63(60-71-65(68)57-52-47-42-37-32-27-23-22-25-30-35-40-45-50-55-62(5)7-2)59-70-64(67)56-51-46-41-36-31-26-21-18-16-15-17-20-24-29-34-39-44-49-54-61(3)4/h61-63H,6-60H2,1-5H3/t62?,63-/m1/s1. The van der Waals surface area contributed by atoms with E-state index >= 15 is 0 Å². The van der Waals surface area contributed by atoms with Crippen molar-refractivity contribution in [3.8, 4) is 0 Å². The Kier molecular flexibility index (Phi) is 57.4. The van der Waals surface area contributed by atoms with E-state index in [0.717, 1.165) is 69.6 Å². The maximum Gasteiger partial charge on any atom is 0.306 e. The molecule has 0 aliphatic rings. The molecule has 6 heteroatoms. The van der Waals surface area contributed by atoms with E-state index in [4.69, 9.17) is 14.2 Å². The van der Waals surface area contributed by atoms with E-state index in [1.54, 1.807) is 0 Å². The van der Waals surface area contributed by atoms with Gasteiger partial charge in [0.2, 0.25) is 0 Å². The molecule has 0 bridgehead atoms. The number of carbonyl (C=O) groups excluding carboxylic acids is 3. The summed E-state index contributed by atoms with van der Waals surface area (Å²) < 4.78 is 17.0. The van der Waals surface area contributed by atoms with E-state index in [9.17, 15) is 14.4 Å². The van der Waals surface area contributed by atoms with Gasteiger partial charge in [0, 0.05) is 19.3 Å². The number of hydrogen-bond donors (Lipinski definition) is 0. The molecule has 0 amide bonds. The van der Waals surface area contributed by atoms with Crippen molar-refractivity contribution in [1.29, 1.82) is 0 Å². The lowest BCUT2D eigenvalue weighted by molar-refractivity contribution is -0.167. The van der Waals surface area contributed by atoms with E-state index in [1.807, 2.05) is 0 Å². The number of rotatable bonds is 60. The highest BCUT2D eigenvalue weighted by molar-refractivity contribution is 5.71. The van der Waals surface area contributed by atoms with Gasteiger partial charge in [0.05, 0.1) is 0 Å². The molecule has 0 aromatic heterocycles. The molecule has 0 saturated heterocycles. The first-order valence-electron chi connectivity index (χ1n) is 32.8. The number of unbranched alkanes of at least 4 members (excludes halogenated alkanes) is 44. The molecule has 0 aromatic carbocycles. The van der Waals surface area contributed by atoms with Crippen molar-refractivity contribution in [2.24, 2.45) is 11.8 Å². The van der Waals surface area contributed by atoms with Crippen LogP contribution in [0.2, 0.25) is 0 Å². The first kappa shape index (κ1) is 70.4. The third-order valence-corrected chi connectivity index (χ3v) is 15.6. The van der Waals surface area contributed by atoms with Gasteiger partial charge in [0.1, 0.15) is 13.2 Å². The number of carbonyl (C=O) groups is 3. The highest BCUT2D eigenvalue weighted by atomic mass is 16.6. The average Bonchev–Trinajstić information content (AvgIpc) is 3.37. The monoisotopic (exact) mass is 1020 g/mol. The van der Waals surface area contributed by atoms with Gasteiger partial charge in [0.25, 0.3) is 0 Å². The minimum Gasteiger partial charge on any atom is -0.462 e. The molecule has 0 aliphatic carbocycles. The van der Waals surface area contributed by atoms with Crippen molar-refractivity contribution < 1.29 is 28.6 Å². The maximum absolute atomic E-state index is 12.9. The van der Waals surface area contributed by atoms with Gasteiger partial charge in [-0.15, -0.1) is 0 Å². The minimum atomic E-state index is -0.764. The molecule has 0 N–H and O–H groups in total. The van der Waals surface area contributed by atoms with E-state index in [-0.39, 0.29) is 31.1 Å². The van der Waals surface area contributed by atoms with Crippen LogP contribution in [0.1, 0.15) is 375 Å². The molecule has 72 heavy (non-hydrogen) atoms. The van der Waals surface area contributed by atoms with Crippen molar-refractivity contribution in [1.82, 2.24) is 0 Å². The Morgan fingerprint density at radius 2 is 0.528 bits per heavy atom. The molecule has 2 atom stereocenters. The molecular formula is C66H128O6. The average molecular weight is 1020 g/mol. The molecule has 0 heterocycles. The number of esters is 3. The summed E-state index contributed by atoms with van der Waals surface area (Å²) in [7, 11) is 0. The highest BCUT2D eigenvalue weighted by Crippen LogP contribution is 2.19. The third-order valence-electron chi connectivity index (χ3n) is 15.6. The van der Waals surface area contributed by atoms with Gasteiger partial charge in [-0.3, -0.25) is 14.4 Å². The number of hydrogen-bond acceptors (Lipinski definition) is 6. The molecule has 0 fully saturated rings. The Morgan fingerprint density at radius 1 is 0.292 bits per heavy atom. The summed E-state index contributed by atoms with van der Waals surface area (Å²) in [6, 6.07) is 0. The van der Waals surface area contributed by atoms with Crippen LogP contribution in [0.3, 0.4) is 0 Å². The molecule has 0 aromatic rings. The van der Waals surface area contributed by atoms with E-state index in [0.29, 0.717) is 19.3 Å². The molecule has 428 valence electrons. The van der Waals surface area contributed by atoms with Gasteiger partial charge in [-0.1, -0.05) is 336 Å². The Bertz CT molecular complexity index is 1110. The molecule has 0 aliphatic heterocycles. The van der Waals surface area contributed by atoms with E-state index in [2.05, 4.69) is 34.6 Å². The van der Waals surface area contributed by atoms with E-state index in [1.165, 1.54) is 263 Å². The summed E-state index contributed by atoms with van der Waals surface area (Å²) in [6.07, 6.45) is 65.3. The van der Waals surface area contributed by atoms with Gasteiger partial charge >= 0.3 is 17.9 Å². The van der Waals surface area contributed by atoms with Crippen LogP contribution >= 0.6 is 0 Å². The lowest BCUT2D eigenvalue weighted by atomic mass is 9.99. The fourth-order valence-electron chi connectivity index (χ4n) is 10.3. The second kappa shape index (κ2) is 58.7. The third kappa shape index (κ3) is 57.7. The quantitative estimate of drug-likeness (QED) is 0.0343. The van der Waals surface area contributed by atoms with Crippen LogP contribution < -0.4 is 0 Å². The van der Waals surface area contributed by atoms with Crippen molar-refractivity contribution in [2.45, 2.75) is 381 Å². The molecular weight excluding hydrogens is 889 g/mol. The van der Waals surface area contributed by atoms with Gasteiger partial charge in [0.15, 0.2) is 6.10 Å². The van der Waals surface area contributed by atoms with Crippen LogP contribution in [-0.2, 0) is 28.6 Å². The zero-order valence-corrected chi connectivity index (χ0v) is 49.6. The molecule has 1 unspecified atom stereocenters. The second-order valence-electron chi connectivity index (χ2n) is 23.5. The zero-order chi connectivity index (χ0) is 52.5. The van der Waals surface area contributed by atoms with Crippen molar-refractivity contribution in [3.05, 3.63) is 0 Å². The van der Waals surface area contributed by atoms with Gasteiger partial charge in [-0.2, -0.15) is 0 Å². The molecule has 0 spiro atoms. The smallest absolute Gasteiger partial charge is 0.306 e. The van der Waals surface area contributed by atoms with Crippen LogP contribution in [0.4, 0.5) is 0 Å². The van der Waals surface area contributed by atoms with Crippen LogP contribution in [0, 0.1) is 11.8 Å². The summed E-state index contributed by atoms with van der Waals surface area (Å²) in [5.74, 6) is 0.926. The fraction of sp³-hybridized carbons (Fsp3) is 0.955. The lowest BCUT2D eigenvalue weighted by Crippen LogP contribution is -2.30. The maximum atomic E-state index is 12.9. The van der Waals surface area contributed by atoms with Crippen LogP contribution in [0.15, 0.2) is 0 Å². The predicted octanol–water partition coefficient (Wildman–Crippen LogP) is 22.0. The summed E-state index contributed by atoms with van der Waals surface area (Å²) >= 11 is 0. The van der Waals surface area contributed by atoms with Gasteiger partial charge in [-0.25, -0.2) is 0 Å². The first-order valence-corrected chi connectivity index (χ1v) is 32.8. The summed E-state index contributed by atoms with van der Waals surface area (Å²) in [6.45, 7) is 11.5. The molecule has 0 radical (unpaired) electrons. The summed E-state index contributed by atoms with van der Waals surface area (Å²) in [5, 5.41) is 0. The Labute approximate surface area is 450 Å². The van der Waals surface area contributed by atoms with Crippen molar-refractivity contribution in [2.75, 3.05) is 13.2 Å². The molecule has 0 rings (SSSR count). The normalized spacial score (nSPS) is 12.4. The Balaban J connectivity index is 4.26. The number of ether oxygens (including phenoxy) is 3. The van der Waals surface area contributed by atoms with Crippen molar-refractivity contribution in [3.63, 3.8) is 0 Å². The molecule has 6 nitrogen and oxygen atoms in total. The van der Waals surface area contributed by atoms with Crippen LogP contribution in [-0.4, -0.2) is 37.2 Å². The van der Waals surface area contributed by atoms with Crippen molar-refractivity contribution >= 4 is 17.9 Å². The SMILES string of the molecule is CCCCCCCCCCCCCCCCCC(=O)O[C@H](COC(=O)CCCCCCCCCCCCCCCCCCCCC(C)C)COC(=O)CCCCCCCCCCCCCCCCC(C)CC. The summed E-state index contributed by atoms with van der Waals surface area (Å²) in [5.41, 5.74) is 0. The second-order valence-corrected chi connectivity index (χ2v) is 23.5. The topological polar surface area (TPSA) is 78.9 Å². The van der Waals surface area contributed by atoms with E-state index < -0.39 is 6.10 Å². The predicted molar refractivity (Wildman–Crippen MR) is 312 cm³/mol. The van der Waals surface area contributed by atoms with Gasteiger partial charge < -0.3 is 14.2 Å². The minimum absolute atomic E-state index is 0.0616. The zero-order valence-electron chi connectivity index (χ0n) is 49.6. The first-order chi connectivity index (χ1) is 35.3. The highest BCUT2D eigenvalue weighted by Gasteiger charge is 2.19. The largest absolute Gasteiger partial charge is 0.462 e. The summed E-state index contributed by atoms with van der Waals surface area (Å²) in [4.78, 5) is 38.3.